The van der Waals surface area contributed by atoms with Gasteiger partial charge in [0.2, 0.25) is 5.78 Å². The van der Waals surface area contributed by atoms with Crippen LogP contribution in [0.5, 0.6) is 11.5 Å². The molecule has 0 saturated carbocycles. The van der Waals surface area contributed by atoms with Crippen LogP contribution in [0.2, 0.25) is 0 Å². The third-order valence-corrected chi connectivity index (χ3v) is 1.90. The Kier molecular flexibility index (Phi) is 4.16. The fourth-order valence-electron chi connectivity index (χ4n) is 1.10. The van der Waals surface area contributed by atoms with Crippen LogP contribution < -0.4 is 9.47 Å². The maximum atomic E-state index is 10.9. The molecule has 0 heterocycles. The zero-order valence-corrected chi connectivity index (χ0v) is 9.24. The highest BCUT2D eigenvalue weighted by atomic mass is 16.5. The van der Waals surface area contributed by atoms with Crippen LogP contribution in [0.15, 0.2) is 30.9 Å². The van der Waals surface area contributed by atoms with Crippen LogP contribution in [-0.2, 0) is 4.79 Å². The molecule has 0 unspecified atom stereocenters. The van der Waals surface area contributed by atoms with E-state index in [-0.39, 0.29) is 5.78 Å². The largest absolute Gasteiger partial charge is 0.493 e. The Morgan fingerprint density at radius 1 is 1.31 bits per heavy atom. The van der Waals surface area contributed by atoms with Gasteiger partial charge < -0.3 is 9.47 Å². The minimum Gasteiger partial charge on any atom is -0.493 e. The van der Waals surface area contributed by atoms with Gasteiger partial charge in [0.05, 0.1) is 14.2 Å². The van der Waals surface area contributed by atoms with Crippen molar-refractivity contribution >= 4 is 5.78 Å². The molecule has 0 N–H and O–H groups in total. The van der Waals surface area contributed by atoms with Crippen molar-refractivity contribution < 1.29 is 14.3 Å². The van der Waals surface area contributed by atoms with E-state index in [1.165, 1.54) is 6.08 Å². The van der Waals surface area contributed by atoms with Gasteiger partial charge in [-0.25, -0.2) is 0 Å². The van der Waals surface area contributed by atoms with Crippen molar-refractivity contribution in [2.45, 2.75) is 0 Å². The maximum absolute atomic E-state index is 10.9. The van der Waals surface area contributed by atoms with E-state index in [0.29, 0.717) is 17.1 Å². The summed E-state index contributed by atoms with van der Waals surface area (Å²) in [5.41, 5.74) is 0.688. The Labute approximate surface area is 94.7 Å². The Morgan fingerprint density at radius 2 is 2.00 bits per heavy atom. The molecule has 0 aromatic heterocycles. The van der Waals surface area contributed by atoms with Gasteiger partial charge in [-0.3, -0.25) is 4.79 Å². The molecule has 82 valence electrons. The van der Waals surface area contributed by atoms with Crippen molar-refractivity contribution in [3.05, 3.63) is 36.4 Å². The maximum Gasteiger partial charge on any atom is 0.228 e. The molecule has 16 heavy (non-hydrogen) atoms. The Balaban J connectivity index is 3.02. The van der Waals surface area contributed by atoms with Crippen LogP contribution in [-0.4, -0.2) is 20.0 Å². The molecule has 0 saturated heterocycles. The summed E-state index contributed by atoms with van der Waals surface area (Å²) in [7, 11) is 3.11. The molecule has 0 atom stereocenters. The lowest BCUT2D eigenvalue weighted by atomic mass is 10.2. The molecule has 1 aromatic rings. The standard InChI is InChI=1S/C13H12O3/c1-4-11(14)7-5-10-6-8-12(15-2)13(9-10)16-3/h4,6,8-9H,1H2,2-3H3. The second kappa shape index (κ2) is 5.62. The average molecular weight is 216 g/mol. The highest BCUT2D eigenvalue weighted by Gasteiger charge is 2.02. The first kappa shape index (κ1) is 11.9. The number of methoxy groups -OCH3 is 2. The molecule has 0 radical (unpaired) electrons. The van der Waals surface area contributed by atoms with E-state index in [1.807, 2.05) is 0 Å². The quantitative estimate of drug-likeness (QED) is 0.571. The second-order valence-corrected chi connectivity index (χ2v) is 2.89. The fourth-order valence-corrected chi connectivity index (χ4v) is 1.10. The first-order chi connectivity index (χ1) is 7.71. The van der Waals surface area contributed by atoms with Gasteiger partial charge in [0.1, 0.15) is 0 Å². The van der Waals surface area contributed by atoms with E-state index in [0.717, 1.165) is 0 Å². The van der Waals surface area contributed by atoms with Crippen LogP contribution in [0.1, 0.15) is 5.56 Å². The van der Waals surface area contributed by atoms with Gasteiger partial charge in [-0.1, -0.05) is 12.5 Å². The molecule has 0 fully saturated rings. The van der Waals surface area contributed by atoms with Crippen LogP contribution in [0.25, 0.3) is 0 Å². The predicted octanol–water partition coefficient (Wildman–Crippen LogP) is 1.81. The van der Waals surface area contributed by atoms with Crippen LogP contribution in [0.4, 0.5) is 0 Å². The van der Waals surface area contributed by atoms with Crippen molar-refractivity contribution in [3.8, 4) is 23.3 Å². The second-order valence-electron chi connectivity index (χ2n) is 2.89. The minimum atomic E-state index is -0.310. The highest BCUT2D eigenvalue weighted by Crippen LogP contribution is 2.26. The molecule has 3 nitrogen and oxygen atoms in total. The smallest absolute Gasteiger partial charge is 0.228 e. The monoisotopic (exact) mass is 216 g/mol. The van der Waals surface area contributed by atoms with Gasteiger partial charge in [-0.15, -0.1) is 0 Å². The van der Waals surface area contributed by atoms with E-state index < -0.39 is 0 Å². The topological polar surface area (TPSA) is 35.5 Å². The Hall–Kier alpha value is -2.21. The molecule has 1 rings (SSSR count). The molecule has 0 aliphatic carbocycles. The fraction of sp³-hybridized carbons (Fsp3) is 0.154. The lowest BCUT2D eigenvalue weighted by molar-refractivity contribution is -0.109. The summed E-state index contributed by atoms with van der Waals surface area (Å²) in [6, 6.07) is 5.20. The summed E-state index contributed by atoms with van der Waals surface area (Å²) in [5.74, 6) is 6.05. The van der Waals surface area contributed by atoms with Gasteiger partial charge >= 0.3 is 0 Å². The first-order valence-corrected chi connectivity index (χ1v) is 4.61. The molecule has 0 aliphatic heterocycles. The van der Waals surface area contributed by atoms with E-state index in [1.54, 1.807) is 32.4 Å². The van der Waals surface area contributed by atoms with Crippen molar-refractivity contribution in [2.75, 3.05) is 14.2 Å². The average Bonchev–Trinajstić information content (AvgIpc) is 2.35. The SMILES string of the molecule is C=CC(=O)C#Cc1ccc(OC)c(OC)c1. The molecular formula is C13H12O3. The molecular weight excluding hydrogens is 204 g/mol. The molecule has 0 amide bonds. The minimum absolute atomic E-state index is 0.310. The third-order valence-electron chi connectivity index (χ3n) is 1.90. The van der Waals surface area contributed by atoms with Gasteiger partial charge in [-0.05, 0) is 30.2 Å². The summed E-state index contributed by atoms with van der Waals surface area (Å²) in [4.78, 5) is 10.9. The number of hydrogen-bond acceptors (Lipinski definition) is 3. The number of benzene rings is 1. The molecule has 0 bridgehead atoms. The van der Waals surface area contributed by atoms with Crippen molar-refractivity contribution in [2.24, 2.45) is 0 Å². The number of rotatable bonds is 3. The normalized spacial score (nSPS) is 8.62. The zero-order valence-electron chi connectivity index (χ0n) is 9.24. The summed E-state index contributed by atoms with van der Waals surface area (Å²) >= 11 is 0. The van der Waals surface area contributed by atoms with E-state index in [9.17, 15) is 4.79 Å². The molecule has 0 spiro atoms. The van der Waals surface area contributed by atoms with Crippen molar-refractivity contribution in [3.63, 3.8) is 0 Å². The van der Waals surface area contributed by atoms with Gasteiger partial charge in [0.25, 0.3) is 0 Å². The van der Waals surface area contributed by atoms with Gasteiger partial charge in [0, 0.05) is 5.56 Å². The van der Waals surface area contributed by atoms with Crippen molar-refractivity contribution in [1.29, 1.82) is 0 Å². The van der Waals surface area contributed by atoms with E-state index >= 15 is 0 Å². The van der Waals surface area contributed by atoms with Crippen LogP contribution in [0.3, 0.4) is 0 Å². The lowest BCUT2D eigenvalue weighted by Gasteiger charge is -2.06. The van der Waals surface area contributed by atoms with E-state index in [4.69, 9.17) is 9.47 Å². The first-order valence-electron chi connectivity index (χ1n) is 4.61. The molecule has 3 heteroatoms. The number of ketones is 1. The van der Waals surface area contributed by atoms with Gasteiger partial charge in [-0.2, -0.15) is 0 Å². The predicted molar refractivity (Wildman–Crippen MR) is 61.6 cm³/mol. The van der Waals surface area contributed by atoms with Crippen LogP contribution >= 0.6 is 0 Å². The number of allylic oxidation sites excluding steroid dienone is 1. The summed E-state index contributed by atoms with van der Waals surface area (Å²) in [6.07, 6.45) is 1.17. The lowest BCUT2D eigenvalue weighted by Crippen LogP contribution is -1.91. The summed E-state index contributed by atoms with van der Waals surface area (Å²) in [6.45, 7) is 3.34. The van der Waals surface area contributed by atoms with Crippen LogP contribution in [0, 0.1) is 11.8 Å². The number of hydrogen-bond donors (Lipinski definition) is 0. The van der Waals surface area contributed by atoms with E-state index in [2.05, 4.69) is 18.4 Å². The highest BCUT2D eigenvalue weighted by molar-refractivity contribution is 6.04. The zero-order chi connectivity index (χ0) is 12.0. The summed E-state index contributed by atoms with van der Waals surface area (Å²) in [5, 5.41) is 0. The number of carbonyl (C=O) groups is 1. The third kappa shape index (κ3) is 2.89. The Morgan fingerprint density at radius 3 is 2.56 bits per heavy atom. The molecule has 0 aliphatic rings. The number of carbonyl (C=O) groups excluding carboxylic acids is 1. The number of ether oxygens (including phenoxy) is 2. The molecule has 1 aromatic carbocycles. The Bertz CT molecular complexity index is 464. The van der Waals surface area contributed by atoms with Gasteiger partial charge in [0.15, 0.2) is 11.5 Å². The van der Waals surface area contributed by atoms with Crippen molar-refractivity contribution in [1.82, 2.24) is 0 Å². The summed E-state index contributed by atoms with van der Waals surface area (Å²) < 4.78 is 10.2.